The maximum absolute atomic E-state index is 11.6. The van der Waals surface area contributed by atoms with Crippen LogP contribution in [0.3, 0.4) is 0 Å². The van der Waals surface area contributed by atoms with Crippen molar-refractivity contribution in [1.82, 2.24) is 5.43 Å². The number of carbonyl (C=O) groups is 1. The van der Waals surface area contributed by atoms with E-state index in [1.165, 1.54) is 11.8 Å². The van der Waals surface area contributed by atoms with Gasteiger partial charge in [0.15, 0.2) is 0 Å². The van der Waals surface area contributed by atoms with Crippen LogP contribution < -0.4 is 5.43 Å². The zero-order valence-corrected chi connectivity index (χ0v) is 14.0. The minimum atomic E-state index is -0.156. The van der Waals surface area contributed by atoms with Crippen molar-refractivity contribution in [3.05, 3.63) is 56.2 Å². The van der Waals surface area contributed by atoms with E-state index in [1.807, 2.05) is 17.5 Å². The van der Waals surface area contributed by atoms with Crippen molar-refractivity contribution in [1.29, 1.82) is 0 Å². The molecule has 0 fully saturated rings. The first-order chi connectivity index (χ1) is 10.2. The van der Waals surface area contributed by atoms with E-state index in [-0.39, 0.29) is 5.91 Å². The van der Waals surface area contributed by atoms with Crippen molar-refractivity contribution in [2.24, 2.45) is 5.10 Å². The summed E-state index contributed by atoms with van der Waals surface area (Å²) in [6, 6.07) is 9.22. The van der Waals surface area contributed by atoms with Gasteiger partial charge < -0.3 is 0 Å². The number of halogens is 2. The van der Waals surface area contributed by atoms with Crippen LogP contribution >= 0.6 is 46.3 Å². The number of thiophene rings is 1. The summed E-state index contributed by atoms with van der Waals surface area (Å²) in [4.78, 5) is 12.6. The highest BCUT2D eigenvalue weighted by molar-refractivity contribution is 7.99. The molecular formula is C14H12Cl2N2OS2. The lowest BCUT2D eigenvalue weighted by Crippen LogP contribution is -2.19. The summed E-state index contributed by atoms with van der Waals surface area (Å²) in [5.74, 6) is 0.722. The molecule has 1 heterocycles. The summed E-state index contributed by atoms with van der Waals surface area (Å²) in [6.45, 7) is 0. The number of rotatable bonds is 6. The fourth-order valence-electron chi connectivity index (χ4n) is 1.48. The molecule has 1 aromatic heterocycles. The highest BCUT2D eigenvalue weighted by Gasteiger charge is 2.07. The van der Waals surface area contributed by atoms with Gasteiger partial charge in [0.1, 0.15) is 0 Å². The van der Waals surface area contributed by atoms with Crippen molar-refractivity contribution >= 4 is 58.4 Å². The van der Waals surface area contributed by atoms with Gasteiger partial charge in [-0.2, -0.15) is 5.10 Å². The molecule has 0 radical (unpaired) electrons. The van der Waals surface area contributed by atoms with Crippen LogP contribution in [0, 0.1) is 0 Å². The first-order valence-corrected chi connectivity index (χ1v) is 8.82. The van der Waals surface area contributed by atoms with Crippen LogP contribution in [0.25, 0.3) is 0 Å². The standard InChI is InChI=1S/C14H12Cl2N2OS2/c15-12-4-1-5-13(16)11(12)8-20-9-14(19)18-17-7-10-3-2-6-21-10/h1-7H,8-9H2,(H,18,19)/b17-7-. The SMILES string of the molecule is O=C(CSCc1c(Cl)cccc1Cl)N/N=C\c1cccs1. The molecule has 2 aromatic rings. The van der Waals surface area contributed by atoms with E-state index in [0.29, 0.717) is 21.6 Å². The molecule has 0 saturated carbocycles. The molecule has 0 unspecified atom stereocenters. The van der Waals surface area contributed by atoms with Gasteiger partial charge in [-0.25, -0.2) is 5.43 Å². The molecule has 0 aliphatic heterocycles. The molecule has 0 bridgehead atoms. The molecule has 1 aromatic carbocycles. The molecule has 0 atom stereocenters. The van der Waals surface area contributed by atoms with Gasteiger partial charge >= 0.3 is 0 Å². The summed E-state index contributed by atoms with van der Waals surface area (Å²) in [6.07, 6.45) is 1.62. The Morgan fingerprint density at radius 3 is 2.71 bits per heavy atom. The van der Waals surface area contributed by atoms with Crippen molar-refractivity contribution in [3.8, 4) is 0 Å². The Morgan fingerprint density at radius 1 is 1.29 bits per heavy atom. The maximum Gasteiger partial charge on any atom is 0.250 e. The van der Waals surface area contributed by atoms with Gasteiger partial charge in [-0.15, -0.1) is 23.1 Å². The Labute approximate surface area is 141 Å². The van der Waals surface area contributed by atoms with Crippen molar-refractivity contribution in [2.75, 3.05) is 5.75 Å². The molecule has 0 aliphatic rings. The second-order valence-electron chi connectivity index (χ2n) is 4.00. The van der Waals surface area contributed by atoms with Crippen molar-refractivity contribution in [2.45, 2.75) is 5.75 Å². The van der Waals surface area contributed by atoms with Crippen LogP contribution in [0.1, 0.15) is 10.4 Å². The molecule has 0 saturated heterocycles. The van der Waals surface area contributed by atoms with Crippen LogP contribution in [0.2, 0.25) is 10.0 Å². The van der Waals surface area contributed by atoms with Crippen LogP contribution in [0.15, 0.2) is 40.8 Å². The van der Waals surface area contributed by atoms with E-state index in [4.69, 9.17) is 23.2 Å². The van der Waals surface area contributed by atoms with E-state index in [1.54, 1.807) is 35.8 Å². The lowest BCUT2D eigenvalue weighted by molar-refractivity contribution is -0.118. The Balaban J connectivity index is 1.74. The van der Waals surface area contributed by atoms with E-state index in [9.17, 15) is 4.79 Å². The second-order valence-corrected chi connectivity index (χ2v) is 6.78. The molecular weight excluding hydrogens is 347 g/mol. The molecule has 3 nitrogen and oxygen atoms in total. The van der Waals surface area contributed by atoms with Crippen molar-refractivity contribution in [3.63, 3.8) is 0 Å². The predicted octanol–water partition coefficient (Wildman–Crippen LogP) is 4.44. The lowest BCUT2D eigenvalue weighted by Gasteiger charge is -2.06. The fraction of sp³-hybridized carbons (Fsp3) is 0.143. The van der Waals surface area contributed by atoms with Gasteiger partial charge in [0.25, 0.3) is 0 Å². The van der Waals surface area contributed by atoms with E-state index < -0.39 is 0 Å². The van der Waals surface area contributed by atoms with Crippen LogP contribution in [-0.2, 0) is 10.5 Å². The van der Waals surface area contributed by atoms with E-state index >= 15 is 0 Å². The van der Waals surface area contributed by atoms with Crippen LogP contribution in [0.4, 0.5) is 0 Å². The summed E-state index contributed by atoms with van der Waals surface area (Å²) in [7, 11) is 0. The summed E-state index contributed by atoms with van der Waals surface area (Å²) >= 11 is 15.1. The summed E-state index contributed by atoms with van der Waals surface area (Å²) in [5.41, 5.74) is 3.33. The third-order valence-electron chi connectivity index (χ3n) is 2.47. The Morgan fingerprint density at radius 2 is 2.05 bits per heavy atom. The third-order valence-corrected chi connectivity index (χ3v) is 4.94. The van der Waals surface area contributed by atoms with E-state index in [2.05, 4.69) is 10.5 Å². The van der Waals surface area contributed by atoms with Gasteiger partial charge in [0.05, 0.1) is 12.0 Å². The average molecular weight is 359 g/mol. The number of hydrazone groups is 1. The van der Waals surface area contributed by atoms with Gasteiger partial charge in [0, 0.05) is 20.7 Å². The number of carbonyl (C=O) groups excluding carboxylic acids is 1. The first-order valence-electron chi connectivity index (χ1n) is 6.03. The molecule has 21 heavy (non-hydrogen) atoms. The number of hydrogen-bond donors (Lipinski definition) is 1. The zero-order valence-electron chi connectivity index (χ0n) is 10.9. The molecule has 7 heteroatoms. The number of nitrogens with one attached hydrogen (secondary N) is 1. The third kappa shape index (κ3) is 5.36. The van der Waals surface area contributed by atoms with Gasteiger partial charge in [0.2, 0.25) is 5.91 Å². The number of hydrogen-bond acceptors (Lipinski definition) is 4. The second kappa shape index (κ2) is 8.44. The normalized spacial score (nSPS) is 11.0. The number of amides is 1. The summed E-state index contributed by atoms with van der Waals surface area (Å²) < 4.78 is 0. The topological polar surface area (TPSA) is 41.5 Å². The fourth-order valence-corrected chi connectivity index (χ4v) is 3.62. The van der Waals surface area contributed by atoms with Crippen molar-refractivity contribution < 1.29 is 4.79 Å². The predicted molar refractivity (Wildman–Crippen MR) is 92.7 cm³/mol. The Kier molecular flexibility index (Phi) is 6.57. The maximum atomic E-state index is 11.6. The van der Waals surface area contributed by atoms with Gasteiger partial charge in [-0.1, -0.05) is 35.3 Å². The average Bonchev–Trinajstić information content (AvgIpc) is 2.95. The largest absolute Gasteiger partial charge is 0.272 e. The van der Waals surface area contributed by atoms with Gasteiger partial charge in [-0.05, 0) is 29.1 Å². The van der Waals surface area contributed by atoms with Crippen LogP contribution in [-0.4, -0.2) is 17.9 Å². The number of benzene rings is 1. The van der Waals surface area contributed by atoms with E-state index in [0.717, 1.165) is 10.4 Å². The minimum Gasteiger partial charge on any atom is -0.272 e. The Hall–Kier alpha value is -1.01. The summed E-state index contributed by atoms with van der Waals surface area (Å²) in [5, 5.41) is 7.08. The molecule has 2 rings (SSSR count). The Bertz CT molecular complexity index is 610. The zero-order chi connectivity index (χ0) is 15.1. The highest BCUT2D eigenvalue weighted by atomic mass is 35.5. The minimum absolute atomic E-state index is 0.156. The molecule has 1 N–H and O–H groups in total. The van der Waals surface area contributed by atoms with Crippen LogP contribution in [0.5, 0.6) is 0 Å². The monoisotopic (exact) mass is 358 g/mol. The smallest absolute Gasteiger partial charge is 0.250 e. The highest BCUT2D eigenvalue weighted by Crippen LogP contribution is 2.27. The quantitative estimate of drug-likeness (QED) is 0.612. The number of thioether (sulfide) groups is 1. The lowest BCUT2D eigenvalue weighted by atomic mass is 10.2. The first kappa shape index (κ1) is 16.4. The van der Waals surface area contributed by atoms with Gasteiger partial charge in [-0.3, -0.25) is 4.79 Å². The number of nitrogens with zero attached hydrogens (tertiary/aromatic N) is 1. The molecule has 0 aliphatic carbocycles. The molecule has 1 amide bonds. The molecule has 0 spiro atoms. The molecule has 110 valence electrons.